The van der Waals surface area contributed by atoms with Crippen molar-refractivity contribution in [3.8, 4) is 0 Å². The van der Waals surface area contributed by atoms with Gasteiger partial charge in [0.2, 0.25) is 11.9 Å². The lowest BCUT2D eigenvalue weighted by molar-refractivity contribution is -0.129. The largest absolute Gasteiger partial charge is 0.378 e. The smallest absolute Gasteiger partial charge is 0.242 e. The number of likely N-dealkylation sites (N-methyl/N-ethyl adjacent to an activating group) is 1. The summed E-state index contributed by atoms with van der Waals surface area (Å²) in [5.74, 6) is 1.06. The van der Waals surface area contributed by atoms with Crippen LogP contribution in [-0.2, 0) is 4.79 Å². The molecule has 3 aromatic rings. The first-order chi connectivity index (χ1) is 15.9. The van der Waals surface area contributed by atoms with Crippen LogP contribution in [0.1, 0.15) is 38.1 Å². The van der Waals surface area contributed by atoms with E-state index in [9.17, 15) is 4.79 Å². The number of para-hydroxylation sites is 1. The second-order valence-corrected chi connectivity index (χ2v) is 8.64. The summed E-state index contributed by atoms with van der Waals surface area (Å²) in [5.41, 5.74) is 3.12. The summed E-state index contributed by atoms with van der Waals surface area (Å²) in [6.45, 7) is 7.57. The molecule has 1 atom stereocenters. The maximum atomic E-state index is 12.2. The van der Waals surface area contributed by atoms with E-state index in [0.29, 0.717) is 36.2 Å². The standard InChI is InChI=1S/C24H30N8O/c1-15(2)27-22-20(12-25)29-24(32-10-9-31(4)21(33)14-32)30-23(22)28-16(3)18-11-17-7-5-6-8-19(17)26-13-18/h5-8,11-13,15-16,25,27H,9-10,14H2,1-4H3,(H,28,29,30)/t16-/m1/s1. The van der Waals surface area contributed by atoms with Gasteiger partial charge in [0.1, 0.15) is 11.4 Å². The number of pyridine rings is 1. The van der Waals surface area contributed by atoms with Gasteiger partial charge in [0, 0.05) is 44.0 Å². The van der Waals surface area contributed by atoms with Crippen molar-refractivity contribution in [3.63, 3.8) is 0 Å². The zero-order valence-corrected chi connectivity index (χ0v) is 19.5. The summed E-state index contributed by atoms with van der Waals surface area (Å²) in [4.78, 5) is 29.8. The molecule has 0 aliphatic carbocycles. The highest BCUT2D eigenvalue weighted by Crippen LogP contribution is 2.30. The van der Waals surface area contributed by atoms with Gasteiger partial charge in [0.15, 0.2) is 5.82 Å². The molecule has 4 rings (SSSR count). The molecule has 3 N–H and O–H groups in total. The molecule has 1 amide bonds. The minimum Gasteiger partial charge on any atom is -0.378 e. The van der Waals surface area contributed by atoms with Gasteiger partial charge < -0.3 is 25.8 Å². The van der Waals surface area contributed by atoms with Crippen LogP contribution in [0.2, 0.25) is 0 Å². The molecule has 1 saturated heterocycles. The lowest BCUT2D eigenvalue weighted by atomic mass is 10.1. The van der Waals surface area contributed by atoms with E-state index in [2.05, 4.69) is 33.6 Å². The van der Waals surface area contributed by atoms with E-state index in [1.165, 1.54) is 6.21 Å². The third-order valence-electron chi connectivity index (χ3n) is 5.70. The Morgan fingerprint density at radius 2 is 1.91 bits per heavy atom. The molecule has 3 heterocycles. The molecule has 172 valence electrons. The van der Waals surface area contributed by atoms with Crippen molar-refractivity contribution in [1.82, 2.24) is 19.9 Å². The number of nitrogens with zero attached hydrogens (tertiary/aromatic N) is 5. The van der Waals surface area contributed by atoms with Gasteiger partial charge in [0.05, 0.1) is 18.1 Å². The fraction of sp³-hybridized carbons (Fsp3) is 0.375. The minimum absolute atomic E-state index is 0.0238. The Hall–Kier alpha value is -3.75. The van der Waals surface area contributed by atoms with Crippen molar-refractivity contribution >= 4 is 40.5 Å². The molecule has 0 bridgehead atoms. The van der Waals surface area contributed by atoms with Crippen molar-refractivity contribution in [2.24, 2.45) is 0 Å². The predicted octanol–water partition coefficient (Wildman–Crippen LogP) is 3.29. The fourth-order valence-corrected chi connectivity index (χ4v) is 3.79. The Bertz CT molecular complexity index is 1180. The van der Waals surface area contributed by atoms with E-state index in [1.807, 2.05) is 49.2 Å². The molecule has 0 spiro atoms. The molecular formula is C24H30N8O. The second kappa shape index (κ2) is 9.40. The van der Waals surface area contributed by atoms with Gasteiger partial charge in [-0.1, -0.05) is 18.2 Å². The van der Waals surface area contributed by atoms with E-state index in [-0.39, 0.29) is 24.5 Å². The molecule has 0 radical (unpaired) electrons. The van der Waals surface area contributed by atoms with Crippen LogP contribution in [-0.4, -0.2) is 64.7 Å². The average Bonchev–Trinajstić information content (AvgIpc) is 2.81. The van der Waals surface area contributed by atoms with Gasteiger partial charge >= 0.3 is 0 Å². The maximum absolute atomic E-state index is 12.2. The average molecular weight is 447 g/mol. The van der Waals surface area contributed by atoms with Crippen LogP contribution in [0.25, 0.3) is 10.9 Å². The van der Waals surface area contributed by atoms with Gasteiger partial charge in [-0.25, -0.2) is 4.98 Å². The summed E-state index contributed by atoms with van der Waals surface area (Å²) in [7, 11) is 1.80. The summed E-state index contributed by atoms with van der Waals surface area (Å²) in [6, 6.07) is 10.2. The van der Waals surface area contributed by atoms with E-state index in [4.69, 9.17) is 10.4 Å². The lowest BCUT2D eigenvalue weighted by Crippen LogP contribution is -2.49. The molecule has 33 heavy (non-hydrogen) atoms. The van der Waals surface area contributed by atoms with Crippen LogP contribution < -0.4 is 15.5 Å². The summed E-state index contributed by atoms with van der Waals surface area (Å²) < 4.78 is 0. The highest BCUT2D eigenvalue weighted by atomic mass is 16.2. The van der Waals surface area contributed by atoms with E-state index >= 15 is 0 Å². The molecule has 0 unspecified atom stereocenters. The van der Waals surface area contributed by atoms with Gasteiger partial charge in [0.25, 0.3) is 0 Å². The molecule has 9 nitrogen and oxygen atoms in total. The normalized spacial score (nSPS) is 15.1. The zero-order chi connectivity index (χ0) is 23.5. The fourth-order valence-electron chi connectivity index (χ4n) is 3.79. The number of benzene rings is 1. The zero-order valence-electron chi connectivity index (χ0n) is 19.5. The van der Waals surface area contributed by atoms with E-state index in [0.717, 1.165) is 16.5 Å². The number of piperazine rings is 1. The highest BCUT2D eigenvalue weighted by Gasteiger charge is 2.25. The van der Waals surface area contributed by atoms with Gasteiger partial charge in [-0.3, -0.25) is 9.78 Å². The first kappa shape index (κ1) is 22.4. The Labute approximate surface area is 193 Å². The molecular weight excluding hydrogens is 416 g/mol. The number of anilines is 3. The molecule has 1 fully saturated rings. The van der Waals surface area contributed by atoms with E-state index < -0.39 is 0 Å². The number of hydrogen-bond donors (Lipinski definition) is 3. The summed E-state index contributed by atoms with van der Waals surface area (Å²) in [6.07, 6.45) is 3.09. The summed E-state index contributed by atoms with van der Waals surface area (Å²) in [5, 5.41) is 15.9. The SMILES string of the molecule is CC(C)Nc1c(C=N)nc(N2CCN(C)C(=O)C2)nc1N[C@H](C)c1cnc2ccccc2c1. The predicted molar refractivity (Wildman–Crippen MR) is 132 cm³/mol. The number of aromatic nitrogens is 3. The first-order valence-corrected chi connectivity index (χ1v) is 11.1. The maximum Gasteiger partial charge on any atom is 0.242 e. The third-order valence-corrected chi connectivity index (χ3v) is 5.70. The number of carbonyl (C=O) groups excluding carboxylic acids is 1. The Balaban J connectivity index is 1.70. The van der Waals surface area contributed by atoms with E-state index in [1.54, 1.807) is 11.9 Å². The monoisotopic (exact) mass is 446 g/mol. The number of nitrogens with one attached hydrogen (secondary N) is 3. The summed E-state index contributed by atoms with van der Waals surface area (Å²) >= 11 is 0. The minimum atomic E-state index is -0.0923. The van der Waals surface area contributed by atoms with Crippen LogP contribution in [0.15, 0.2) is 36.5 Å². The number of fused-ring (bicyclic) bond motifs is 1. The van der Waals surface area contributed by atoms with Crippen LogP contribution in [0.4, 0.5) is 17.5 Å². The molecule has 1 aromatic carbocycles. The highest BCUT2D eigenvalue weighted by molar-refractivity contribution is 5.89. The Morgan fingerprint density at radius 1 is 1.12 bits per heavy atom. The third kappa shape index (κ3) is 4.87. The molecule has 1 aliphatic rings. The first-order valence-electron chi connectivity index (χ1n) is 11.1. The Morgan fingerprint density at radius 3 is 2.64 bits per heavy atom. The van der Waals surface area contributed by atoms with Crippen molar-refractivity contribution in [2.75, 3.05) is 42.2 Å². The van der Waals surface area contributed by atoms with Crippen molar-refractivity contribution in [3.05, 3.63) is 47.8 Å². The second-order valence-electron chi connectivity index (χ2n) is 8.64. The van der Waals surface area contributed by atoms with Crippen molar-refractivity contribution in [2.45, 2.75) is 32.9 Å². The number of rotatable bonds is 7. The van der Waals surface area contributed by atoms with Crippen LogP contribution in [0.3, 0.4) is 0 Å². The van der Waals surface area contributed by atoms with Crippen molar-refractivity contribution in [1.29, 1.82) is 5.41 Å². The topological polar surface area (TPSA) is 110 Å². The number of amides is 1. The van der Waals surface area contributed by atoms with Gasteiger partial charge in [-0.15, -0.1) is 0 Å². The molecule has 1 aliphatic heterocycles. The molecule has 9 heteroatoms. The van der Waals surface area contributed by atoms with Gasteiger partial charge in [-0.2, -0.15) is 4.98 Å². The van der Waals surface area contributed by atoms with Crippen LogP contribution in [0.5, 0.6) is 0 Å². The molecule has 0 saturated carbocycles. The Kier molecular flexibility index (Phi) is 6.39. The molecule has 2 aromatic heterocycles. The van der Waals surface area contributed by atoms with Gasteiger partial charge in [-0.05, 0) is 38.5 Å². The lowest BCUT2D eigenvalue weighted by Gasteiger charge is -2.32. The van der Waals surface area contributed by atoms with Crippen LogP contribution in [0, 0.1) is 5.41 Å². The van der Waals surface area contributed by atoms with Crippen molar-refractivity contribution < 1.29 is 4.79 Å². The van der Waals surface area contributed by atoms with Crippen LogP contribution >= 0.6 is 0 Å². The number of hydrogen-bond acceptors (Lipinski definition) is 8. The quantitative estimate of drug-likeness (QED) is 0.478. The number of carbonyl (C=O) groups is 1.